The summed E-state index contributed by atoms with van der Waals surface area (Å²) in [6.07, 6.45) is 2.68. The zero-order chi connectivity index (χ0) is 16.7. The molecule has 0 spiro atoms. The molecule has 126 valence electrons. The van der Waals surface area contributed by atoms with Gasteiger partial charge in [0.1, 0.15) is 5.75 Å². The zero-order valence-electron chi connectivity index (χ0n) is 13.6. The summed E-state index contributed by atoms with van der Waals surface area (Å²) in [5.41, 5.74) is 6.26. The number of amides is 2. The fourth-order valence-corrected chi connectivity index (χ4v) is 2.75. The maximum Gasteiger partial charge on any atom is 0.234 e. The molecule has 0 saturated heterocycles. The smallest absolute Gasteiger partial charge is 0.234 e. The average molecular weight is 319 g/mol. The van der Waals surface area contributed by atoms with Crippen molar-refractivity contribution in [3.8, 4) is 5.75 Å². The van der Waals surface area contributed by atoms with Gasteiger partial charge in [0.05, 0.1) is 25.7 Å². The van der Waals surface area contributed by atoms with E-state index in [1.54, 1.807) is 4.90 Å². The summed E-state index contributed by atoms with van der Waals surface area (Å²) >= 11 is 0. The molecule has 3 N–H and O–H groups in total. The first-order valence-electron chi connectivity index (χ1n) is 8.12. The van der Waals surface area contributed by atoms with Crippen molar-refractivity contribution < 1.29 is 14.3 Å². The summed E-state index contributed by atoms with van der Waals surface area (Å²) in [6, 6.07) is 7.69. The molecule has 0 aromatic heterocycles. The molecule has 0 bridgehead atoms. The Morgan fingerprint density at radius 3 is 2.87 bits per heavy atom. The van der Waals surface area contributed by atoms with Crippen molar-refractivity contribution in [1.82, 2.24) is 10.2 Å². The number of ether oxygens (including phenoxy) is 1. The molecule has 6 nitrogen and oxygen atoms in total. The molecule has 0 saturated carbocycles. The molecule has 2 amide bonds. The van der Waals surface area contributed by atoms with Crippen molar-refractivity contribution in [2.45, 2.75) is 32.2 Å². The molecule has 0 fully saturated rings. The molecule has 1 aliphatic heterocycles. The van der Waals surface area contributed by atoms with E-state index in [0.29, 0.717) is 13.2 Å². The van der Waals surface area contributed by atoms with Gasteiger partial charge in [-0.3, -0.25) is 14.5 Å². The minimum Gasteiger partial charge on any atom is -0.493 e. The Bertz CT molecular complexity index is 548. The number of benzene rings is 1. The number of nitrogens with one attached hydrogen (secondary N) is 1. The van der Waals surface area contributed by atoms with Crippen LogP contribution in [-0.2, 0) is 9.59 Å². The van der Waals surface area contributed by atoms with Crippen molar-refractivity contribution in [2.75, 3.05) is 26.2 Å². The van der Waals surface area contributed by atoms with Gasteiger partial charge in [-0.1, -0.05) is 31.5 Å². The van der Waals surface area contributed by atoms with E-state index in [-0.39, 0.29) is 25.0 Å². The largest absolute Gasteiger partial charge is 0.493 e. The number of hydrogen-bond donors (Lipinski definition) is 2. The first-order valence-corrected chi connectivity index (χ1v) is 8.12. The molecule has 23 heavy (non-hydrogen) atoms. The second-order valence-electron chi connectivity index (χ2n) is 5.83. The summed E-state index contributed by atoms with van der Waals surface area (Å²) in [6.45, 7) is 3.64. The highest BCUT2D eigenvalue weighted by Gasteiger charge is 2.23. The lowest BCUT2D eigenvalue weighted by atomic mass is 10.0. The van der Waals surface area contributed by atoms with E-state index in [4.69, 9.17) is 10.5 Å². The Balaban J connectivity index is 1.94. The van der Waals surface area contributed by atoms with Gasteiger partial charge in [-0.2, -0.15) is 0 Å². The summed E-state index contributed by atoms with van der Waals surface area (Å²) in [5.74, 6) is 0.318. The van der Waals surface area contributed by atoms with Gasteiger partial charge < -0.3 is 15.8 Å². The summed E-state index contributed by atoms with van der Waals surface area (Å²) in [4.78, 5) is 25.3. The molecule has 6 heteroatoms. The number of nitrogens with two attached hydrogens (primary N) is 1. The number of para-hydroxylation sites is 1. The lowest BCUT2D eigenvalue weighted by Gasteiger charge is -2.28. The molecule has 1 unspecified atom stereocenters. The van der Waals surface area contributed by atoms with Crippen LogP contribution in [0.2, 0.25) is 0 Å². The van der Waals surface area contributed by atoms with Crippen LogP contribution in [0.1, 0.15) is 37.8 Å². The van der Waals surface area contributed by atoms with Crippen molar-refractivity contribution in [3.05, 3.63) is 29.8 Å². The zero-order valence-corrected chi connectivity index (χ0v) is 13.6. The van der Waals surface area contributed by atoms with Crippen LogP contribution < -0.4 is 15.8 Å². The van der Waals surface area contributed by atoms with Gasteiger partial charge in [-0.05, 0) is 19.0 Å². The number of nitrogens with zero attached hydrogens (tertiary/aromatic N) is 1. The second kappa shape index (κ2) is 8.53. The summed E-state index contributed by atoms with van der Waals surface area (Å²) < 4.78 is 5.60. The van der Waals surface area contributed by atoms with Crippen LogP contribution in [0.5, 0.6) is 5.75 Å². The van der Waals surface area contributed by atoms with Crippen molar-refractivity contribution in [1.29, 1.82) is 0 Å². The van der Waals surface area contributed by atoms with E-state index in [1.807, 2.05) is 24.3 Å². The normalized spacial score (nSPS) is 16.5. The SMILES string of the molecule is CCCCN(CC(N)=O)CC(=O)NC1CCOc2ccccc21. The number of unbranched alkanes of at least 4 members (excludes halogenated alkanes) is 1. The molecule has 1 atom stereocenters. The van der Waals surface area contributed by atoms with Gasteiger partial charge in [0.2, 0.25) is 11.8 Å². The van der Waals surface area contributed by atoms with Gasteiger partial charge in [-0.25, -0.2) is 0 Å². The van der Waals surface area contributed by atoms with Crippen LogP contribution in [-0.4, -0.2) is 43.0 Å². The Hall–Kier alpha value is -2.08. The Labute approximate surface area is 137 Å². The lowest BCUT2D eigenvalue weighted by molar-refractivity contribution is -0.124. The Morgan fingerprint density at radius 1 is 1.35 bits per heavy atom. The fourth-order valence-electron chi connectivity index (χ4n) is 2.75. The third kappa shape index (κ3) is 5.25. The lowest BCUT2D eigenvalue weighted by Crippen LogP contribution is -2.43. The van der Waals surface area contributed by atoms with Gasteiger partial charge >= 0.3 is 0 Å². The first kappa shape index (κ1) is 17.3. The Kier molecular flexibility index (Phi) is 6.40. The molecule has 2 rings (SSSR count). The predicted octanol–water partition coefficient (Wildman–Crippen LogP) is 1.21. The number of primary amides is 1. The maximum atomic E-state index is 12.3. The molecule has 0 radical (unpaired) electrons. The van der Waals surface area contributed by atoms with Crippen LogP contribution in [0, 0.1) is 0 Å². The number of carbonyl (C=O) groups excluding carboxylic acids is 2. The first-order chi connectivity index (χ1) is 11.1. The van der Waals surface area contributed by atoms with E-state index >= 15 is 0 Å². The highest BCUT2D eigenvalue weighted by molar-refractivity contribution is 5.80. The molecule has 0 aliphatic carbocycles. The van der Waals surface area contributed by atoms with Crippen LogP contribution >= 0.6 is 0 Å². The number of hydrogen-bond acceptors (Lipinski definition) is 4. The second-order valence-corrected chi connectivity index (χ2v) is 5.83. The van der Waals surface area contributed by atoms with Crippen LogP contribution in [0.3, 0.4) is 0 Å². The molecule has 1 aromatic carbocycles. The number of fused-ring (bicyclic) bond motifs is 1. The van der Waals surface area contributed by atoms with Crippen molar-refractivity contribution >= 4 is 11.8 Å². The van der Waals surface area contributed by atoms with E-state index in [1.165, 1.54) is 0 Å². The van der Waals surface area contributed by atoms with E-state index in [0.717, 1.165) is 30.6 Å². The third-order valence-electron chi connectivity index (χ3n) is 3.87. The van der Waals surface area contributed by atoms with E-state index in [9.17, 15) is 9.59 Å². The molecule has 1 aromatic rings. The molecule has 1 heterocycles. The van der Waals surface area contributed by atoms with Crippen molar-refractivity contribution in [2.24, 2.45) is 5.73 Å². The Morgan fingerprint density at radius 2 is 2.13 bits per heavy atom. The van der Waals surface area contributed by atoms with Crippen LogP contribution in [0.15, 0.2) is 24.3 Å². The third-order valence-corrected chi connectivity index (χ3v) is 3.87. The monoisotopic (exact) mass is 319 g/mol. The van der Waals surface area contributed by atoms with Crippen LogP contribution in [0.25, 0.3) is 0 Å². The van der Waals surface area contributed by atoms with E-state index < -0.39 is 5.91 Å². The highest BCUT2D eigenvalue weighted by atomic mass is 16.5. The van der Waals surface area contributed by atoms with Gasteiger partial charge in [0.25, 0.3) is 0 Å². The standard InChI is InChI=1S/C17H25N3O3/c1-2-3-9-20(11-16(18)21)12-17(22)19-14-8-10-23-15-7-5-4-6-13(14)15/h4-7,14H,2-3,8-12H2,1H3,(H2,18,21)(H,19,22). The molecule has 1 aliphatic rings. The topological polar surface area (TPSA) is 84.7 Å². The molecular formula is C17H25N3O3. The van der Waals surface area contributed by atoms with Gasteiger partial charge in [0, 0.05) is 12.0 Å². The minimum atomic E-state index is -0.412. The van der Waals surface area contributed by atoms with Gasteiger partial charge in [0.15, 0.2) is 0 Å². The fraction of sp³-hybridized carbons (Fsp3) is 0.529. The van der Waals surface area contributed by atoms with Crippen LogP contribution in [0.4, 0.5) is 0 Å². The average Bonchev–Trinajstić information content (AvgIpc) is 2.52. The predicted molar refractivity (Wildman–Crippen MR) is 88.0 cm³/mol. The minimum absolute atomic E-state index is 0.0472. The van der Waals surface area contributed by atoms with Crippen molar-refractivity contribution in [3.63, 3.8) is 0 Å². The summed E-state index contributed by atoms with van der Waals surface area (Å²) in [7, 11) is 0. The maximum absolute atomic E-state index is 12.3. The summed E-state index contributed by atoms with van der Waals surface area (Å²) in [5, 5.41) is 3.04. The number of carbonyl (C=O) groups is 2. The molecular weight excluding hydrogens is 294 g/mol. The number of rotatable bonds is 8. The van der Waals surface area contributed by atoms with Gasteiger partial charge in [-0.15, -0.1) is 0 Å². The highest BCUT2D eigenvalue weighted by Crippen LogP contribution is 2.31. The quantitative estimate of drug-likeness (QED) is 0.754. The van der Waals surface area contributed by atoms with E-state index in [2.05, 4.69) is 12.2 Å².